The zero-order valence-corrected chi connectivity index (χ0v) is 35.4. The highest BCUT2D eigenvalue weighted by Crippen LogP contribution is 2.42. The number of methoxy groups -OCH3 is 1. The van der Waals surface area contributed by atoms with Crippen LogP contribution in [0.5, 0.6) is 11.5 Å². The van der Waals surface area contributed by atoms with Crippen LogP contribution in [0.15, 0.2) is 11.6 Å². The summed E-state index contributed by atoms with van der Waals surface area (Å²) in [5, 5.41) is 10.9. The molecule has 0 aromatic heterocycles. The number of phenolic OH excluding ortho intramolecular Hbond substituents is 1. The molecule has 2 unspecified atom stereocenters. The molecule has 1 aliphatic rings. The SMILES string of the molecule is CCCCCCCCCCCCCCCC(=O)OCC(COP(=O)([O-])OCC[N+](C)(C)C)OC(=O)CC/C(C)=C/Cc1c(O)c2c(c(C)c1OC)COC2=O. The molecule has 314 valence electrons. The monoisotopic (exact) mass is 797 g/mol. The van der Waals surface area contributed by atoms with Crippen molar-refractivity contribution in [3.63, 3.8) is 0 Å². The number of allylic oxidation sites excluding steroid dienone is 2. The van der Waals surface area contributed by atoms with Gasteiger partial charge in [-0.2, -0.15) is 0 Å². The lowest BCUT2D eigenvalue weighted by Gasteiger charge is -2.28. The summed E-state index contributed by atoms with van der Waals surface area (Å²) in [6.45, 7) is 5.31. The Morgan fingerprint density at radius 1 is 0.909 bits per heavy atom. The minimum absolute atomic E-state index is 0.0561. The standard InChI is InChI=1S/C41H68NO12P/c1-8-9-10-11-12-13-14-15-16-17-18-19-20-21-36(43)50-28-33(29-53-55(47,48)52-27-26-42(4,5)6)54-37(44)25-23-31(2)22-24-34-39(45)38-35(30-51-41(38)46)32(3)40(34)49-7/h22,33H,8-21,23-30H2,1-7H3,(H-,45,46,47,48)/b31-22+. The summed E-state index contributed by atoms with van der Waals surface area (Å²) in [5.74, 6) is -1.41. The lowest BCUT2D eigenvalue weighted by molar-refractivity contribution is -0.870. The van der Waals surface area contributed by atoms with Crippen LogP contribution in [-0.4, -0.2) is 88.2 Å². The first-order chi connectivity index (χ1) is 26.1. The van der Waals surface area contributed by atoms with Gasteiger partial charge in [0, 0.05) is 24.0 Å². The number of phosphoric acid groups is 1. The van der Waals surface area contributed by atoms with Crippen molar-refractivity contribution in [2.45, 2.75) is 143 Å². The fourth-order valence-corrected chi connectivity index (χ4v) is 6.98. The predicted molar refractivity (Wildman–Crippen MR) is 209 cm³/mol. The zero-order valence-electron chi connectivity index (χ0n) is 34.5. The number of phosphoric ester groups is 1. The van der Waals surface area contributed by atoms with Crippen LogP contribution in [0.25, 0.3) is 0 Å². The van der Waals surface area contributed by atoms with Crippen LogP contribution in [0.3, 0.4) is 0 Å². The van der Waals surface area contributed by atoms with Gasteiger partial charge >= 0.3 is 17.9 Å². The average molecular weight is 798 g/mol. The molecule has 14 heteroatoms. The first-order valence-electron chi connectivity index (χ1n) is 20.1. The van der Waals surface area contributed by atoms with Gasteiger partial charge in [0.25, 0.3) is 7.82 Å². The van der Waals surface area contributed by atoms with Crippen LogP contribution in [-0.2, 0) is 50.4 Å². The summed E-state index contributed by atoms with van der Waals surface area (Å²) < 4.78 is 44.5. The normalized spacial score (nSPS) is 14.6. The molecule has 1 N–H and O–H groups in total. The van der Waals surface area contributed by atoms with E-state index in [0.29, 0.717) is 39.9 Å². The molecule has 0 radical (unpaired) electrons. The van der Waals surface area contributed by atoms with Crippen molar-refractivity contribution in [3.8, 4) is 11.5 Å². The van der Waals surface area contributed by atoms with Crippen LogP contribution in [0.4, 0.5) is 0 Å². The smallest absolute Gasteiger partial charge is 0.342 e. The Morgan fingerprint density at radius 3 is 2.09 bits per heavy atom. The van der Waals surface area contributed by atoms with Crippen molar-refractivity contribution in [2.75, 3.05) is 54.6 Å². The summed E-state index contributed by atoms with van der Waals surface area (Å²) in [6, 6.07) is 0. The molecular formula is C41H68NO12P. The Morgan fingerprint density at radius 2 is 1.51 bits per heavy atom. The number of ether oxygens (including phenoxy) is 4. The number of cyclic esters (lactones) is 1. The Bertz CT molecular complexity index is 1440. The predicted octanol–water partition coefficient (Wildman–Crippen LogP) is 7.79. The molecule has 0 bridgehead atoms. The van der Waals surface area contributed by atoms with Gasteiger partial charge in [-0.25, -0.2) is 4.79 Å². The topological polar surface area (TPSA) is 167 Å². The van der Waals surface area contributed by atoms with Crippen molar-refractivity contribution in [1.82, 2.24) is 0 Å². The van der Waals surface area contributed by atoms with Crippen molar-refractivity contribution in [2.24, 2.45) is 0 Å². The lowest BCUT2D eigenvalue weighted by Crippen LogP contribution is -2.37. The van der Waals surface area contributed by atoms with E-state index in [9.17, 15) is 28.9 Å². The van der Waals surface area contributed by atoms with Gasteiger partial charge in [0.2, 0.25) is 0 Å². The lowest BCUT2D eigenvalue weighted by atomic mass is 9.94. The number of rotatable bonds is 30. The summed E-state index contributed by atoms with van der Waals surface area (Å²) in [7, 11) is 2.45. The molecule has 1 aliphatic heterocycles. The number of carbonyl (C=O) groups is 3. The van der Waals surface area contributed by atoms with E-state index in [1.807, 2.05) is 34.1 Å². The molecule has 0 spiro atoms. The maximum Gasteiger partial charge on any atom is 0.342 e. The van der Waals surface area contributed by atoms with Crippen molar-refractivity contribution >= 4 is 25.7 Å². The van der Waals surface area contributed by atoms with Gasteiger partial charge in [0.05, 0.1) is 34.9 Å². The fraction of sp³-hybridized carbons (Fsp3) is 0.732. The summed E-state index contributed by atoms with van der Waals surface area (Å²) in [4.78, 5) is 50.1. The molecule has 2 atom stereocenters. The second-order valence-electron chi connectivity index (χ2n) is 15.5. The molecule has 0 aliphatic carbocycles. The second kappa shape index (κ2) is 25.3. The number of benzene rings is 1. The highest BCUT2D eigenvalue weighted by molar-refractivity contribution is 7.45. The molecule has 55 heavy (non-hydrogen) atoms. The van der Waals surface area contributed by atoms with E-state index in [-0.39, 0.29) is 56.8 Å². The third-order valence-corrected chi connectivity index (χ3v) is 10.6. The van der Waals surface area contributed by atoms with Crippen LogP contribution < -0.4 is 9.63 Å². The third kappa shape index (κ3) is 19.2. The van der Waals surface area contributed by atoms with Crippen LogP contribution >= 0.6 is 7.82 Å². The maximum absolute atomic E-state index is 12.9. The molecule has 0 saturated heterocycles. The number of unbranched alkanes of at least 4 members (excludes halogenated alkanes) is 12. The Balaban J connectivity index is 1.87. The minimum Gasteiger partial charge on any atom is -0.756 e. The maximum atomic E-state index is 12.9. The van der Waals surface area contributed by atoms with E-state index in [1.165, 1.54) is 64.9 Å². The number of phenols is 1. The second-order valence-corrected chi connectivity index (χ2v) is 17.0. The number of esters is 3. The van der Waals surface area contributed by atoms with E-state index in [4.69, 9.17) is 28.0 Å². The van der Waals surface area contributed by atoms with Crippen LogP contribution in [0.1, 0.15) is 144 Å². The molecule has 1 aromatic rings. The summed E-state index contributed by atoms with van der Waals surface area (Å²) in [5.41, 5.74) is 2.68. The highest BCUT2D eigenvalue weighted by Gasteiger charge is 2.32. The summed E-state index contributed by atoms with van der Waals surface area (Å²) in [6.07, 6.45) is 16.8. The van der Waals surface area contributed by atoms with Gasteiger partial charge in [-0.05, 0) is 38.7 Å². The number of hydrogen-bond acceptors (Lipinski definition) is 12. The van der Waals surface area contributed by atoms with E-state index in [2.05, 4.69) is 6.92 Å². The largest absolute Gasteiger partial charge is 0.756 e. The number of hydrogen-bond donors (Lipinski definition) is 1. The van der Waals surface area contributed by atoms with E-state index < -0.39 is 38.4 Å². The molecular weight excluding hydrogens is 729 g/mol. The van der Waals surface area contributed by atoms with Gasteiger partial charge in [-0.3, -0.25) is 14.2 Å². The Labute approximate surface area is 329 Å². The van der Waals surface area contributed by atoms with Crippen LogP contribution in [0.2, 0.25) is 0 Å². The fourth-order valence-electron chi connectivity index (χ4n) is 6.25. The molecule has 1 aromatic carbocycles. The minimum atomic E-state index is -4.72. The third-order valence-electron chi connectivity index (χ3n) is 9.67. The molecule has 1 heterocycles. The first kappa shape index (κ1) is 48.2. The van der Waals surface area contributed by atoms with Gasteiger partial charge < -0.3 is 42.5 Å². The molecule has 0 fully saturated rings. The van der Waals surface area contributed by atoms with Crippen LogP contribution in [0, 0.1) is 6.92 Å². The quantitative estimate of drug-likeness (QED) is 0.0201. The van der Waals surface area contributed by atoms with Crippen molar-refractivity contribution in [1.29, 1.82) is 0 Å². The molecule has 13 nitrogen and oxygen atoms in total. The number of fused-ring (bicyclic) bond motifs is 1. The number of nitrogens with zero attached hydrogens (tertiary/aromatic N) is 1. The average Bonchev–Trinajstić information content (AvgIpc) is 3.52. The van der Waals surface area contributed by atoms with Crippen molar-refractivity contribution < 1.29 is 61.4 Å². The summed E-state index contributed by atoms with van der Waals surface area (Å²) >= 11 is 0. The number of carbonyl (C=O) groups excluding carboxylic acids is 3. The number of likely N-dealkylation sites (N-methyl/N-ethyl adjacent to an activating group) is 1. The van der Waals surface area contributed by atoms with E-state index >= 15 is 0 Å². The Hall–Kier alpha value is -2.96. The first-order valence-corrected chi connectivity index (χ1v) is 21.5. The number of quaternary nitrogens is 1. The van der Waals surface area contributed by atoms with Gasteiger partial charge in [-0.1, -0.05) is 95.6 Å². The van der Waals surface area contributed by atoms with E-state index in [0.717, 1.165) is 24.8 Å². The van der Waals surface area contributed by atoms with Gasteiger partial charge in [0.1, 0.15) is 43.4 Å². The molecule has 0 amide bonds. The molecule has 0 saturated carbocycles. The molecule has 2 rings (SSSR count). The highest BCUT2D eigenvalue weighted by atomic mass is 31.2. The van der Waals surface area contributed by atoms with Crippen molar-refractivity contribution in [3.05, 3.63) is 33.9 Å². The Kier molecular flexibility index (Phi) is 22.2. The van der Waals surface area contributed by atoms with Gasteiger partial charge in [-0.15, -0.1) is 0 Å². The van der Waals surface area contributed by atoms with Gasteiger partial charge in [0.15, 0.2) is 6.10 Å². The van der Waals surface area contributed by atoms with E-state index in [1.54, 1.807) is 6.92 Å². The zero-order chi connectivity index (χ0) is 40.9. The number of aromatic hydroxyl groups is 1.